The number of benzene rings is 1. The van der Waals surface area contributed by atoms with Gasteiger partial charge in [0, 0.05) is 16.8 Å². The van der Waals surface area contributed by atoms with Crippen molar-refractivity contribution in [2.75, 3.05) is 5.32 Å². The van der Waals surface area contributed by atoms with Crippen LogP contribution in [0.2, 0.25) is 0 Å². The number of H-pyrrole nitrogens is 1. The number of nitrogens with one attached hydrogen (secondary N) is 2. The molecular formula is C13H11F4N3O. The normalized spacial score (nSPS) is 11.5. The van der Waals surface area contributed by atoms with E-state index in [0.717, 1.165) is 11.8 Å². The molecule has 1 aromatic heterocycles. The lowest BCUT2D eigenvalue weighted by Gasteiger charge is -2.10. The maximum atomic E-state index is 13.2. The molecular weight excluding hydrogens is 290 g/mol. The average molecular weight is 301 g/mol. The second-order valence-electron chi connectivity index (χ2n) is 4.47. The smallest absolute Gasteiger partial charge is 0.305 e. The first-order valence-electron chi connectivity index (χ1n) is 5.90. The second-order valence-corrected chi connectivity index (χ2v) is 4.47. The van der Waals surface area contributed by atoms with E-state index < -0.39 is 23.5 Å². The Kier molecular flexibility index (Phi) is 3.71. The van der Waals surface area contributed by atoms with E-state index in [-0.39, 0.29) is 11.4 Å². The molecule has 8 heteroatoms. The minimum absolute atomic E-state index is 0.218. The standard InChI is InChI=1S/C13H11F4N3O/c1-6-7(2)19-20-11(6)18-12(21)8-3-4-10(14)9(5-8)13(15,16)17/h3-5H,1-2H3,(H2,18,19,20,21). The van der Waals surface area contributed by atoms with E-state index in [1.807, 2.05) is 0 Å². The molecule has 0 radical (unpaired) electrons. The van der Waals surface area contributed by atoms with Gasteiger partial charge in [-0.05, 0) is 32.0 Å². The summed E-state index contributed by atoms with van der Waals surface area (Å²) in [5.74, 6) is -2.00. The Labute approximate surface area is 117 Å². The Balaban J connectivity index is 2.30. The van der Waals surface area contributed by atoms with E-state index >= 15 is 0 Å². The summed E-state index contributed by atoms with van der Waals surface area (Å²) in [5, 5.41) is 8.82. The first-order valence-corrected chi connectivity index (χ1v) is 5.90. The van der Waals surface area contributed by atoms with Gasteiger partial charge < -0.3 is 5.32 Å². The van der Waals surface area contributed by atoms with Crippen molar-refractivity contribution in [2.45, 2.75) is 20.0 Å². The van der Waals surface area contributed by atoms with E-state index in [0.29, 0.717) is 17.7 Å². The van der Waals surface area contributed by atoms with E-state index in [9.17, 15) is 22.4 Å². The monoisotopic (exact) mass is 301 g/mol. The lowest BCUT2D eigenvalue weighted by molar-refractivity contribution is -0.140. The Hall–Kier alpha value is -2.38. The Bertz CT molecular complexity index is 691. The zero-order chi connectivity index (χ0) is 15.8. The number of nitrogens with zero attached hydrogens (tertiary/aromatic N) is 1. The van der Waals surface area contributed by atoms with Crippen LogP contribution in [0.4, 0.5) is 23.4 Å². The van der Waals surface area contributed by atoms with Gasteiger partial charge in [0.2, 0.25) is 0 Å². The molecule has 112 valence electrons. The van der Waals surface area contributed by atoms with Crippen molar-refractivity contribution in [3.05, 3.63) is 46.4 Å². The summed E-state index contributed by atoms with van der Waals surface area (Å²) in [4.78, 5) is 11.9. The van der Waals surface area contributed by atoms with Gasteiger partial charge in [0.1, 0.15) is 5.82 Å². The van der Waals surface area contributed by atoms with Crippen molar-refractivity contribution in [1.29, 1.82) is 0 Å². The number of aromatic nitrogens is 2. The molecule has 21 heavy (non-hydrogen) atoms. The SMILES string of the molecule is Cc1[nH]nc(NC(=O)c2ccc(F)c(C(F)(F)F)c2)c1C. The Morgan fingerprint density at radius 1 is 1.29 bits per heavy atom. The fraction of sp³-hybridized carbons (Fsp3) is 0.231. The van der Waals surface area contributed by atoms with Gasteiger partial charge in [0.25, 0.3) is 5.91 Å². The summed E-state index contributed by atoms with van der Waals surface area (Å²) in [5.41, 5.74) is -0.393. The highest BCUT2D eigenvalue weighted by atomic mass is 19.4. The van der Waals surface area contributed by atoms with Crippen molar-refractivity contribution in [2.24, 2.45) is 0 Å². The average Bonchev–Trinajstić information content (AvgIpc) is 2.70. The fourth-order valence-electron chi connectivity index (χ4n) is 1.67. The molecule has 0 aliphatic rings. The minimum atomic E-state index is -4.86. The number of anilines is 1. The fourth-order valence-corrected chi connectivity index (χ4v) is 1.67. The van der Waals surface area contributed by atoms with E-state index in [2.05, 4.69) is 15.5 Å². The van der Waals surface area contributed by atoms with Crippen LogP contribution < -0.4 is 5.32 Å². The number of alkyl halides is 3. The Morgan fingerprint density at radius 2 is 1.95 bits per heavy atom. The molecule has 0 bridgehead atoms. The number of carbonyl (C=O) groups is 1. The van der Waals surface area contributed by atoms with Crippen LogP contribution in [-0.2, 0) is 6.18 Å². The molecule has 0 atom stereocenters. The second kappa shape index (κ2) is 5.19. The number of aromatic amines is 1. The molecule has 0 aliphatic carbocycles. The molecule has 1 heterocycles. The van der Waals surface area contributed by atoms with Crippen LogP contribution in [0.1, 0.15) is 27.2 Å². The molecule has 0 fully saturated rings. The lowest BCUT2D eigenvalue weighted by atomic mass is 10.1. The molecule has 4 nitrogen and oxygen atoms in total. The highest BCUT2D eigenvalue weighted by Gasteiger charge is 2.34. The summed E-state index contributed by atoms with van der Waals surface area (Å²) in [6.45, 7) is 3.43. The van der Waals surface area contributed by atoms with Gasteiger partial charge in [0.15, 0.2) is 5.82 Å². The van der Waals surface area contributed by atoms with E-state index in [1.54, 1.807) is 13.8 Å². The summed E-state index contributed by atoms with van der Waals surface area (Å²) < 4.78 is 50.9. The van der Waals surface area contributed by atoms with Gasteiger partial charge in [-0.2, -0.15) is 18.3 Å². The molecule has 0 spiro atoms. The third-order valence-electron chi connectivity index (χ3n) is 3.02. The summed E-state index contributed by atoms with van der Waals surface area (Å²) in [6, 6.07) is 2.06. The summed E-state index contributed by atoms with van der Waals surface area (Å²) in [7, 11) is 0. The highest BCUT2D eigenvalue weighted by molar-refractivity contribution is 6.04. The third-order valence-corrected chi connectivity index (χ3v) is 3.02. The van der Waals surface area contributed by atoms with Gasteiger partial charge in [-0.3, -0.25) is 9.89 Å². The number of aryl methyl sites for hydroxylation is 1. The molecule has 2 rings (SSSR count). The van der Waals surface area contributed by atoms with Crippen molar-refractivity contribution in [1.82, 2.24) is 10.2 Å². The number of hydrogen-bond donors (Lipinski definition) is 2. The highest BCUT2D eigenvalue weighted by Crippen LogP contribution is 2.32. The topological polar surface area (TPSA) is 57.8 Å². The van der Waals surface area contributed by atoms with Crippen LogP contribution in [0.3, 0.4) is 0 Å². The zero-order valence-electron chi connectivity index (χ0n) is 11.1. The largest absolute Gasteiger partial charge is 0.419 e. The van der Waals surface area contributed by atoms with Crippen molar-refractivity contribution >= 4 is 11.7 Å². The van der Waals surface area contributed by atoms with Gasteiger partial charge in [-0.15, -0.1) is 0 Å². The molecule has 0 unspecified atom stereocenters. The predicted molar refractivity (Wildman–Crippen MR) is 67.4 cm³/mol. The predicted octanol–water partition coefficient (Wildman–Crippen LogP) is 3.44. The van der Waals surface area contributed by atoms with Crippen LogP contribution in [0, 0.1) is 19.7 Å². The molecule has 0 saturated carbocycles. The first kappa shape index (κ1) is 15.0. The minimum Gasteiger partial charge on any atom is -0.305 e. The summed E-state index contributed by atoms with van der Waals surface area (Å²) in [6.07, 6.45) is -4.86. The van der Waals surface area contributed by atoms with E-state index in [1.165, 1.54) is 0 Å². The number of halogens is 4. The van der Waals surface area contributed by atoms with Crippen LogP contribution in [0.15, 0.2) is 18.2 Å². The molecule has 1 aromatic carbocycles. The van der Waals surface area contributed by atoms with Gasteiger partial charge in [-0.1, -0.05) is 0 Å². The quantitative estimate of drug-likeness (QED) is 0.835. The molecule has 2 N–H and O–H groups in total. The van der Waals surface area contributed by atoms with Gasteiger partial charge in [-0.25, -0.2) is 4.39 Å². The number of carbonyl (C=O) groups excluding carboxylic acids is 1. The van der Waals surface area contributed by atoms with Crippen LogP contribution in [-0.4, -0.2) is 16.1 Å². The zero-order valence-corrected chi connectivity index (χ0v) is 11.1. The van der Waals surface area contributed by atoms with Crippen LogP contribution >= 0.6 is 0 Å². The molecule has 0 aliphatic heterocycles. The lowest BCUT2D eigenvalue weighted by Crippen LogP contribution is -2.16. The maximum absolute atomic E-state index is 13.2. The maximum Gasteiger partial charge on any atom is 0.419 e. The van der Waals surface area contributed by atoms with Crippen molar-refractivity contribution < 1.29 is 22.4 Å². The number of hydrogen-bond acceptors (Lipinski definition) is 2. The van der Waals surface area contributed by atoms with Crippen LogP contribution in [0.25, 0.3) is 0 Å². The Morgan fingerprint density at radius 3 is 2.48 bits per heavy atom. The third kappa shape index (κ3) is 3.04. The first-order chi connectivity index (χ1) is 9.70. The van der Waals surface area contributed by atoms with Crippen LogP contribution in [0.5, 0.6) is 0 Å². The molecule has 0 saturated heterocycles. The van der Waals surface area contributed by atoms with Gasteiger partial charge in [0.05, 0.1) is 5.56 Å². The van der Waals surface area contributed by atoms with Gasteiger partial charge >= 0.3 is 6.18 Å². The number of rotatable bonds is 2. The van der Waals surface area contributed by atoms with E-state index in [4.69, 9.17) is 0 Å². The number of amides is 1. The molecule has 1 amide bonds. The van der Waals surface area contributed by atoms with Crippen molar-refractivity contribution in [3.63, 3.8) is 0 Å². The summed E-state index contributed by atoms with van der Waals surface area (Å²) >= 11 is 0. The van der Waals surface area contributed by atoms with Crippen molar-refractivity contribution in [3.8, 4) is 0 Å². The molecule has 2 aromatic rings.